The molecule has 0 aliphatic carbocycles. The maximum Gasteiger partial charge on any atom is 0.129 e. The van der Waals surface area contributed by atoms with Crippen LogP contribution in [0.25, 0.3) is 0 Å². The maximum atomic E-state index is 13.0. The second kappa shape index (κ2) is 6.78. The van der Waals surface area contributed by atoms with E-state index < -0.39 is 5.83 Å². The average molecular weight is 237 g/mol. The number of aliphatic imine (C=N–C) groups is 1. The Morgan fingerprint density at radius 1 is 1.71 bits per heavy atom. The fraction of sp³-hybridized carbons (Fsp3) is 0.250. The van der Waals surface area contributed by atoms with Crippen molar-refractivity contribution in [1.29, 1.82) is 0 Å². The Labute approximate surface area is 99.8 Å². The summed E-state index contributed by atoms with van der Waals surface area (Å²) in [6.45, 7) is 3.36. The van der Waals surface area contributed by atoms with Gasteiger partial charge in [0.15, 0.2) is 0 Å². The molecule has 0 aromatic heterocycles. The van der Waals surface area contributed by atoms with Crippen LogP contribution in [0.5, 0.6) is 0 Å². The molecule has 4 nitrogen and oxygen atoms in total. The highest BCUT2D eigenvalue weighted by atomic mass is 19.1. The summed E-state index contributed by atoms with van der Waals surface area (Å²) in [5.41, 5.74) is 10.8. The highest BCUT2D eigenvalue weighted by molar-refractivity contribution is 5.73. The lowest BCUT2D eigenvalue weighted by atomic mass is 10.2. The summed E-state index contributed by atoms with van der Waals surface area (Å²) in [5.74, 6) is 0.492. The van der Waals surface area contributed by atoms with Crippen LogP contribution in [-0.4, -0.2) is 18.9 Å². The fourth-order valence-corrected chi connectivity index (χ4v) is 1.23. The lowest BCUT2D eigenvalue weighted by Crippen LogP contribution is -2.20. The van der Waals surface area contributed by atoms with Crippen LogP contribution >= 0.6 is 0 Å². The predicted octanol–water partition coefficient (Wildman–Crippen LogP) is 1.53. The number of allylic oxidation sites excluding steroid dienone is 4. The molecule has 1 aliphatic rings. The molecule has 0 fully saturated rings. The summed E-state index contributed by atoms with van der Waals surface area (Å²) < 4.78 is 18.5. The van der Waals surface area contributed by atoms with E-state index in [1.165, 1.54) is 12.2 Å². The van der Waals surface area contributed by atoms with Gasteiger partial charge in [-0.25, -0.2) is 4.39 Å². The molecular weight excluding hydrogens is 221 g/mol. The van der Waals surface area contributed by atoms with Crippen molar-refractivity contribution in [3.63, 3.8) is 0 Å². The van der Waals surface area contributed by atoms with Gasteiger partial charge in [0.2, 0.25) is 0 Å². The van der Waals surface area contributed by atoms with Gasteiger partial charge in [0, 0.05) is 25.3 Å². The Kier molecular flexibility index (Phi) is 5.32. The maximum absolute atomic E-state index is 13.0. The quantitative estimate of drug-likeness (QED) is 0.562. The van der Waals surface area contributed by atoms with E-state index in [2.05, 4.69) is 11.6 Å². The second-order valence-corrected chi connectivity index (χ2v) is 3.40. The molecule has 1 heterocycles. The van der Waals surface area contributed by atoms with E-state index in [0.29, 0.717) is 17.9 Å². The molecule has 1 unspecified atom stereocenters. The molecule has 1 atom stereocenters. The van der Waals surface area contributed by atoms with Gasteiger partial charge in [-0.3, -0.25) is 4.99 Å². The van der Waals surface area contributed by atoms with Crippen LogP contribution in [0.2, 0.25) is 0 Å². The molecule has 17 heavy (non-hydrogen) atoms. The van der Waals surface area contributed by atoms with E-state index >= 15 is 0 Å². The van der Waals surface area contributed by atoms with Crippen LogP contribution in [-0.2, 0) is 4.74 Å². The third-order valence-corrected chi connectivity index (χ3v) is 1.97. The van der Waals surface area contributed by atoms with Gasteiger partial charge >= 0.3 is 0 Å². The van der Waals surface area contributed by atoms with E-state index in [-0.39, 0.29) is 12.7 Å². The molecule has 0 bridgehead atoms. The number of hydrogen-bond acceptors (Lipinski definition) is 4. The first-order chi connectivity index (χ1) is 8.15. The zero-order chi connectivity index (χ0) is 12.7. The van der Waals surface area contributed by atoms with Crippen molar-refractivity contribution >= 4 is 6.21 Å². The molecule has 0 spiro atoms. The minimum atomic E-state index is -0.465. The lowest BCUT2D eigenvalue weighted by molar-refractivity contribution is 0.294. The molecule has 1 aliphatic heterocycles. The van der Waals surface area contributed by atoms with E-state index in [1.807, 2.05) is 0 Å². The standard InChI is InChI=1S/C12H16FN3O/c1-2-3-10(6-9(13)8-14)17-11-4-5-16-12(15)7-11/h2-6,12H,1,7-8,14-15H2/b9-6+,10-3+. The zero-order valence-electron chi connectivity index (χ0n) is 9.47. The van der Waals surface area contributed by atoms with Gasteiger partial charge in [-0.1, -0.05) is 12.7 Å². The minimum absolute atomic E-state index is 0.169. The van der Waals surface area contributed by atoms with Crippen LogP contribution < -0.4 is 11.5 Å². The Morgan fingerprint density at radius 3 is 3.06 bits per heavy atom. The van der Waals surface area contributed by atoms with Crippen LogP contribution in [0.4, 0.5) is 4.39 Å². The number of ether oxygens (including phenoxy) is 1. The van der Waals surface area contributed by atoms with Crippen molar-refractivity contribution in [2.75, 3.05) is 6.54 Å². The van der Waals surface area contributed by atoms with E-state index in [0.717, 1.165) is 0 Å². The molecule has 0 aromatic rings. The third-order valence-electron chi connectivity index (χ3n) is 1.97. The van der Waals surface area contributed by atoms with Gasteiger partial charge in [0.05, 0.1) is 0 Å². The van der Waals surface area contributed by atoms with Crippen LogP contribution in [0.3, 0.4) is 0 Å². The Bertz CT molecular complexity index is 397. The topological polar surface area (TPSA) is 73.6 Å². The second-order valence-electron chi connectivity index (χ2n) is 3.40. The fourth-order valence-electron chi connectivity index (χ4n) is 1.23. The lowest BCUT2D eigenvalue weighted by Gasteiger charge is -2.15. The van der Waals surface area contributed by atoms with Crippen molar-refractivity contribution in [3.8, 4) is 0 Å². The molecule has 0 radical (unpaired) electrons. The molecule has 92 valence electrons. The number of halogens is 1. The van der Waals surface area contributed by atoms with Gasteiger partial charge in [-0.2, -0.15) is 0 Å². The van der Waals surface area contributed by atoms with Crippen molar-refractivity contribution < 1.29 is 9.13 Å². The summed E-state index contributed by atoms with van der Waals surface area (Å²) in [5, 5.41) is 0. The third kappa shape index (κ3) is 4.76. The van der Waals surface area contributed by atoms with E-state index in [1.54, 1.807) is 18.4 Å². The molecular formula is C12H16FN3O. The molecule has 5 heteroatoms. The first-order valence-corrected chi connectivity index (χ1v) is 5.20. The molecule has 0 saturated carbocycles. The molecule has 0 amide bonds. The number of hydrogen-bond donors (Lipinski definition) is 2. The summed E-state index contributed by atoms with van der Waals surface area (Å²) in [4.78, 5) is 3.96. The van der Waals surface area contributed by atoms with Gasteiger partial charge in [0.1, 0.15) is 23.5 Å². The summed E-state index contributed by atoms with van der Waals surface area (Å²) in [6, 6.07) is 0. The number of nitrogens with two attached hydrogens (primary N) is 2. The van der Waals surface area contributed by atoms with Crippen molar-refractivity contribution in [3.05, 3.63) is 48.2 Å². The van der Waals surface area contributed by atoms with Crippen molar-refractivity contribution in [2.24, 2.45) is 16.5 Å². The van der Waals surface area contributed by atoms with Gasteiger partial charge < -0.3 is 16.2 Å². The Balaban J connectivity index is 2.75. The molecule has 0 saturated heterocycles. The summed E-state index contributed by atoms with van der Waals surface area (Å²) in [6.07, 6.45) is 7.69. The van der Waals surface area contributed by atoms with Crippen LogP contribution in [0.15, 0.2) is 53.2 Å². The van der Waals surface area contributed by atoms with Gasteiger partial charge in [0.25, 0.3) is 0 Å². The largest absolute Gasteiger partial charge is 0.461 e. The smallest absolute Gasteiger partial charge is 0.129 e. The number of dihydropyridines is 1. The predicted molar refractivity (Wildman–Crippen MR) is 66.8 cm³/mol. The molecule has 0 aromatic carbocycles. The van der Waals surface area contributed by atoms with Gasteiger partial charge in [-0.05, 0) is 12.2 Å². The monoisotopic (exact) mass is 237 g/mol. The normalized spacial score (nSPS) is 21.1. The van der Waals surface area contributed by atoms with Crippen LogP contribution in [0.1, 0.15) is 6.42 Å². The molecule has 1 rings (SSSR count). The zero-order valence-corrected chi connectivity index (χ0v) is 9.47. The van der Waals surface area contributed by atoms with E-state index in [4.69, 9.17) is 16.2 Å². The van der Waals surface area contributed by atoms with E-state index in [9.17, 15) is 4.39 Å². The minimum Gasteiger partial charge on any atom is -0.461 e. The SMILES string of the molecule is C=C/C=C(\C=C(\F)CN)OC1=CC=NC(N)C1. The highest BCUT2D eigenvalue weighted by Crippen LogP contribution is 2.17. The Hall–Kier alpha value is -1.72. The van der Waals surface area contributed by atoms with Crippen molar-refractivity contribution in [2.45, 2.75) is 12.6 Å². The molecule has 4 N–H and O–H groups in total. The first-order valence-electron chi connectivity index (χ1n) is 5.20. The van der Waals surface area contributed by atoms with Crippen molar-refractivity contribution in [1.82, 2.24) is 0 Å². The Morgan fingerprint density at radius 2 is 2.47 bits per heavy atom. The van der Waals surface area contributed by atoms with Gasteiger partial charge in [-0.15, -0.1) is 0 Å². The number of rotatable bonds is 5. The summed E-state index contributed by atoms with van der Waals surface area (Å²) >= 11 is 0. The average Bonchev–Trinajstić information content (AvgIpc) is 2.29. The van der Waals surface area contributed by atoms with Crippen LogP contribution in [0, 0.1) is 0 Å². The number of nitrogens with zero attached hydrogens (tertiary/aromatic N) is 1. The summed E-state index contributed by atoms with van der Waals surface area (Å²) in [7, 11) is 0. The first kappa shape index (κ1) is 13.3. The highest BCUT2D eigenvalue weighted by Gasteiger charge is 2.10.